The molecule has 3 fully saturated rings. The van der Waals surface area contributed by atoms with Gasteiger partial charge in [0.05, 0.1) is 26.4 Å². The molecule has 0 amide bonds. The Kier molecular flexibility index (Phi) is 6.71. The monoisotopic (exact) mass is 286 g/mol. The lowest BCUT2D eigenvalue weighted by molar-refractivity contribution is -0.184. The van der Waals surface area contributed by atoms with Crippen LogP contribution in [0.25, 0.3) is 0 Å². The number of likely N-dealkylation sites (N-methyl/N-ethyl adjacent to an activating group) is 1. The standard InChI is InChI=1S/C9H17NO2.C6H13NO/c1-2-10-5-3-9(4-6-10)11-7-8-12-9;1-2-7-3-5-8-6-4-7/h2-8H2,1H3;2-6H2,1H3. The summed E-state index contributed by atoms with van der Waals surface area (Å²) in [5, 5.41) is 0. The highest BCUT2D eigenvalue weighted by Gasteiger charge is 2.39. The van der Waals surface area contributed by atoms with Crippen LogP contribution in [-0.2, 0) is 14.2 Å². The van der Waals surface area contributed by atoms with Crippen molar-refractivity contribution in [1.29, 1.82) is 0 Å². The maximum absolute atomic E-state index is 5.63. The van der Waals surface area contributed by atoms with Crippen LogP contribution in [0.5, 0.6) is 0 Å². The zero-order chi connectivity index (χ0) is 14.3. The van der Waals surface area contributed by atoms with Gasteiger partial charge >= 0.3 is 0 Å². The summed E-state index contributed by atoms with van der Waals surface area (Å²) in [7, 11) is 0. The molecule has 0 atom stereocenters. The van der Waals surface area contributed by atoms with Crippen molar-refractivity contribution >= 4 is 0 Å². The van der Waals surface area contributed by atoms with Gasteiger partial charge in [-0.05, 0) is 13.1 Å². The Morgan fingerprint density at radius 2 is 1.25 bits per heavy atom. The molecule has 0 saturated carbocycles. The molecule has 3 rings (SSSR count). The number of piperidine rings is 1. The summed E-state index contributed by atoms with van der Waals surface area (Å²) >= 11 is 0. The number of nitrogens with zero attached hydrogens (tertiary/aromatic N) is 2. The molecule has 5 nitrogen and oxygen atoms in total. The normalized spacial score (nSPS) is 27.3. The van der Waals surface area contributed by atoms with E-state index in [1.807, 2.05) is 0 Å². The summed E-state index contributed by atoms with van der Waals surface area (Å²) in [6.45, 7) is 14.6. The quantitative estimate of drug-likeness (QED) is 0.761. The van der Waals surface area contributed by atoms with Crippen molar-refractivity contribution in [2.75, 3.05) is 65.7 Å². The summed E-state index contributed by atoms with van der Waals surface area (Å²) < 4.78 is 16.4. The highest BCUT2D eigenvalue weighted by atomic mass is 16.7. The second-order valence-electron chi connectivity index (χ2n) is 5.59. The van der Waals surface area contributed by atoms with Gasteiger partial charge in [-0.2, -0.15) is 0 Å². The molecular formula is C15H30N2O3. The molecule has 0 aromatic heterocycles. The Bertz CT molecular complexity index is 254. The smallest absolute Gasteiger partial charge is 0.170 e. The molecule has 1 spiro atoms. The van der Waals surface area contributed by atoms with E-state index in [0.29, 0.717) is 0 Å². The first-order chi connectivity index (χ1) is 9.78. The number of ether oxygens (including phenoxy) is 3. The van der Waals surface area contributed by atoms with Crippen LogP contribution in [-0.4, -0.2) is 81.3 Å². The van der Waals surface area contributed by atoms with Gasteiger partial charge in [-0.3, -0.25) is 4.90 Å². The van der Waals surface area contributed by atoms with Gasteiger partial charge in [-0.25, -0.2) is 0 Å². The van der Waals surface area contributed by atoms with Gasteiger partial charge < -0.3 is 19.1 Å². The minimum Gasteiger partial charge on any atom is -0.379 e. The van der Waals surface area contributed by atoms with E-state index in [0.717, 1.165) is 72.0 Å². The molecule has 3 aliphatic rings. The Hall–Kier alpha value is -0.200. The van der Waals surface area contributed by atoms with Crippen molar-refractivity contribution in [3.05, 3.63) is 0 Å². The molecule has 3 aliphatic heterocycles. The topological polar surface area (TPSA) is 34.2 Å². The molecule has 3 saturated heterocycles. The van der Waals surface area contributed by atoms with Crippen LogP contribution in [0, 0.1) is 0 Å². The second-order valence-corrected chi connectivity index (χ2v) is 5.59. The van der Waals surface area contributed by atoms with Crippen molar-refractivity contribution in [2.24, 2.45) is 0 Å². The van der Waals surface area contributed by atoms with Crippen LogP contribution >= 0.6 is 0 Å². The Morgan fingerprint density at radius 3 is 1.70 bits per heavy atom. The fourth-order valence-corrected chi connectivity index (χ4v) is 2.91. The van der Waals surface area contributed by atoms with E-state index in [-0.39, 0.29) is 5.79 Å². The molecular weight excluding hydrogens is 256 g/mol. The zero-order valence-electron chi connectivity index (χ0n) is 13.1. The number of hydrogen-bond donors (Lipinski definition) is 0. The van der Waals surface area contributed by atoms with Crippen molar-refractivity contribution in [3.8, 4) is 0 Å². The highest BCUT2D eigenvalue weighted by Crippen LogP contribution is 2.30. The van der Waals surface area contributed by atoms with Gasteiger partial charge in [0, 0.05) is 39.0 Å². The lowest BCUT2D eigenvalue weighted by atomic mass is 10.0. The molecule has 0 aromatic rings. The lowest BCUT2D eigenvalue weighted by Crippen LogP contribution is -2.44. The molecule has 118 valence electrons. The molecule has 0 unspecified atom stereocenters. The van der Waals surface area contributed by atoms with Crippen molar-refractivity contribution in [3.63, 3.8) is 0 Å². The van der Waals surface area contributed by atoms with E-state index in [1.165, 1.54) is 6.54 Å². The van der Waals surface area contributed by atoms with Gasteiger partial charge in [0.15, 0.2) is 5.79 Å². The predicted molar refractivity (Wildman–Crippen MR) is 78.9 cm³/mol. The average Bonchev–Trinajstić information content (AvgIpc) is 2.98. The first-order valence-electron chi connectivity index (χ1n) is 8.08. The SMILES string of the molecule is CCN1CCC2(CC1)OCCO2.CCN1CCOCC1. The Balaban J connectivity index is 0.000000160. The van der Waals surface area contributed by atoms with Crippen LogP contribution in [0.2, 0.25) is 0 Å². The van der Waals surface area contributed by atoms with Crippen LogP contribution in [0.4, 0.5) is 0 Å². The van der Waals surface area contributed by atoms with E-state index in [4.69, 9.17) is 14.2 Å². The Labute approximate surface area is 123 Å². The van der Waals surface area contributed by atoms with Gasteiger partial charge in [-0.1, -0.05) is 13.8 Å². The fourth-order valence-electron chi connectivity index (χ4n) is 2.91. The number of likely N-dealkylation sites (tertiary alicyclic amines) is 1. The largest absolute Gasteiger partial charge is 0.379 e. The summed E-state index contributed by atoms with van der Waals surface area (Å²) in [5.41, 5.74) is 0. The number of morpholine rings is 1. The minimum absolute atomic E-state index is 0.189. The lowest BCUT2D eigenvalue weighted by Gasteiger charge is -2.36. The van der Waals surface area contributed by atoms with Crippen molar-refractivity contribution in [2.45, 2.75) is 32.5 Å². The van der Waals surface area contributed by atoms with Crippen molar-refractivity contribution in [1.82, 2.24) is 9.80 Å². The van der Waals surface area contributed by atoms with E-state index in [2.05, 4.69) is 23.6 Å². The highest BCUT2D eigenvalue weighted by molar-refractivity contribution is 4.81. The molecule has 0 bridgehead atoms. The van der Waals surface area contributed by atoms with Gasteiger partial charge in [-0.15, -0.1) is 0 Å². The van der Waals surface area contributed by atoms with Crippen LogP contribution in [0.3, 0.4) is 0 Å². The van der Waals surface area contributed by atoms with Crippen molar-refractivity contribution < 1.29 is 14.2 Å². The third kappa shape index (κ3) is 4.67. The second kappa shape index (κ2) is 8.29. The maximum atomic E-state index is 5.63. The zero-order valence-corrected chi connectivity index (χ0v) is 13.1. The summed E-state index contributed by atoms with van der Waals surface area (Å²) in [6, 6.07) is 0. The van der Waals surface area contributed by atoms with Gasteiger partial charge in [0.25, 0.3) is 0 Å². The third-order valence-electron chi connectivity index (χ3n) is 4.43. The van der Waals surface area contributed by atoms with E-state index >= 15 is 0 Å². The third-order valence-corrected chi connectivity index (χ3v) is 4.43. The first-order valence-corrected chi connectivity index (χ1v) is 8.08. The Morgan fingerprint density at radius 1 is 0.750 bits per heavy atom. The van der Waals surface area contributed by atoms with E-state index in [1.54, 1.807) is 0 Å². The fraction of sp³-hybridized carbons (Fsp3) is 1.00. The maximum Gasteiger partial charge on any atom is 0.170 e. The van der Waals surface area contributed by atoms with Gasteiger partial charge in [0.1, 0.15) is 0 Å². The summed E-state index contributed by atoms with van der Waals surface area (Å²) in [6.07, 6.45) is 2.08. The summed E-state index contributed by atoms with van der Waals surface area (Å²) in [4.78, 5) is 4.83. The van der Waals surface area contributed by atoms with Crippen LogP contribution in [0.1, 0.15) is 26.7 Å². The predicted octanol–water partition coefficient (Wildman–Crippen LogP) is 1.18. The van der Waals surface area contributed by atoms with Crippen LogP contribution in [0.15, 0.2) is 0 Å². The molecule has 0 aliphatic carbocycles. The number of hydrogen-bond acceptors (Lipinski definition) is 5. The first kappa shape index (κ1) is 16.2. The molecule has 3 heterocycles. The molecule has 20 heavy (non-hydrogen) atoms. The minimum atomic E-state index is -0.189. The van der Waals surface area contributed by atoms with E-state index in [9.17, 15) is 0 Å². The van der Waals surface area contributed by atoms with Crippen LogP contribution < -0.4 is 0 Å². The molecule has 5 heteroatoms. The molecule has 0 N–H and O–H groups in total. The average molecular weight is 286 g/mol. The molecule has 0 aromatic carbocycles. The molecule has 0 radical (unpaired) electrons. The summed E-state index contributed by atoms with van der Waals surface area (Å²) in [5.74, 6) is -0.189. The van der Waals surface area contributed by atoms with Gasteiger partial charge in [0.2, 0.25) is 0 Å². The van der Waals surface area contributed by atoms with E-state index < -0.39 is 0 Å². The number of rotatable bonds is 2.